The summed E-state index contributed by atoms with van der Waals surface area (Å²) in [6.45, 7) is 5.25. The zero-order valence-corrected chi connectivity index (χ0v) is 11.3. The molecule has 1 aromatic rings. The van der Waals surface area contributed by atoms with Crippen molar-refractivity contribution in [2.75, 3.05) is 11.4 Å². The molecule has 1 unspecified atom stereocenters. The van der Waals surface area contributed by atoms with Gasteiger partial charge in [0, 0.05) is 18.8 Å². The minimum absolute atomic E-state index is 0.560. The van der Waals surface area contributed by atoms with E-state index in [1.807, 2.05) is 19.2 Å². The molecule has 0 N–H and O–H groups in total. The van der Waals surface area contributed by atoms with Gasteiger partial charge in [-0.3, -0.25) is 0 Å². The molecule has 1 saturated heterocycles. The normalized spacial score (nSPS) is 19.6. The van der Waals surface area contributed by atoms with E-state index < -0.39 is 0 Å². The molecule has 1 aromatic heterocycles. The van der Waals surface area contributed by atoms with Crippen LogP contribution >= 0.6 is 0 Å². The smallest absolute Gasteiger partial charge is 0.146 e. The average Bonchev–Trinajstić information content (AvgIpc) is 2.39. The molecule has 1 aliphatic rings. The molecule has 3 heteroatoms. The number of nitriles is 1. The van der Waals surface area contributed by atoms with Crippen LogP contribution in [0.5, 0.6) is 0 Å². The Kier molecular flexibility index (Phi) is 4.19. The maximum absolute atomic E-state index is 9.33. The first-order chi connectivity index (χ1) is 8.77. The van der Waals surface area contributed by atoms with Gasteiger partial charge in [-0.25, -0.2) is 4.98 Å². The second-order valence-electron chi connectivity index (χ2n) is 5.07. The number of nitrogens with zero attached hydrogens (tertiary/aromatic N) is 3. The van der Waals surface area contributed by atoms with E-state index in [-0.39, 0.29) is 0 Å². The van der Waals surface area contributed by atoms with E-state index in [1.165, 1.54) is 32.1 Å². The Morgan fingerprint density at radius 1 is 1.50 bits per heavy atom. The van der Waals surface area contributed by atoms with Crippen LogP contribution in [0.3, 0.4) is 0 Å². The average molecular weight is 243 g/mol. The molecule has 2 heterocycles. The number of hydrogen-bond donors (Lipinski definition) is 0. The van der Waals surface area contributed by atoms with Crippen molar-refractivity contribution < 1.29 is 0 Å². The van der Waals surface area contributed by atoms with Crippen molar-refractivity contribution in [3.8, 4) is 6.07 Å². The summed E-state index contributed by atoms with van der Waals surface area (Å²) in [5, 5.41) is 9.33. The first-order valence-corrected chi connectivity index (χ1v) is 6.90. The number of anilines is 1. The standard InChI is InChI=1S/C15H21N3/c1-3-6-13-7-4-5-10-18(13)15-14(11-16)12(2)8-9-17-15/h8-9,13H,3-7,10H2,1-2H3. The summed E-state index contributed by atoms with van der Waals surface area (Å²) in [5.41, 5.74) is 1.78. The molecule has 1 aliphatic heterocycles. The van der Waals surface area contributed by atoms with Crippen LogP contribution in [0.4, 0.5) is 5.82 Å². The van der Waals surface area contributed by atoms with Crippen molar-refractivity contribution >= 4 is 5.82 Å². The highest BCUT2D eigenvalue weighted by atomic mass is 15.2. The second kappa shape index (κ2) is 5.86. The molecule has 3 nitrogen and oxygen atoms in total. The fourth-order valence-electron chi connectivity index (χ4n) is 2.81. The van der Waals surface area contributed by atoms with Crippen molar-refractivity contribution in [2.45, 2.75) is 52.0 Å². The van der Waals surface area contributed by atoms with Crippen LogP contribution < -0.4 is 4.90 Å². The quantitative estimate of drug-likeness (QED) is 0.816. The molecule has 0 amide bonds. The largest absolute Gasteiger partial charge is 0.353 e. The van der Waals surface area contributed by atoms with Crippen molar-refractivity contribution in [2.24, 2.45) is 0 Å². The van der Waals surface area contributed by atoms with Crippen LogP contribution in [-0.4, -0.2) is 17.6 Å². The van der Waals surface area contributed by atoms with E-state index in [2.05, 4.69) is 22.9 Å². The predicted molar refractivity (Wildman–Crippen MR) is 73.6 cm³/mol. The lowest BCUT2D eigenvalue weighted by molar-refractivity contribution is 0.431. The fourth-order valence-corrected chi connectivity index (χ4v) is 2.81. The Morgan fingerprint density at radius 2 is 2.33 bits per heavy atom. The summed E-state index contributed by atoms with van der Waals surface area (Å²) in [4.78, 5) is 6.83. The lowest BCUT2D eigenvalue weighted by atomic mass is 9.97. The summed E-state index contributed by atoms with van der Waals surface area (Å²) in [5.74, 6) is 0.899. The van der Waals surface area contributed by atoms with Gasteiger partial charge < -0.3 is 4.90 Å². The van der Waals surface area contributed by atoms with Crippen LogP contribution in [-0.2, 0) is 0 Å². The van der Waals surface area contributed by atoms with Crippen LogP contribution in [0.2, 0.25) is 0 Å². The number of aryl methyl sites for hydroxylation is 1. The minimum atomic E-state index is 0.560. The predicted octanol–water partition coefficient (Wildman–Crippen LogP) is 3.42. The zero-order valence-electron chi connectivity index (χ0n) is 11.3. The lowest BCUT2D eigenvalue weighted by Crippen LogP contribution is -2.40. The van der Waals surface area contributed by atoms with Crippen molar-refractivity contribution in [3.05, 3.63) is 23.4 Å². The van der Waals surface area contributed by atoms with Crippen molar-refractivity contribution in [3.63, 3.8) is 0 Å². The highest BCUT2D eigenvalue weighted by Crippen LogP contribution is 2.29. The Morgan fingerprint density at radius 3 is 3.06 bits per heavy atom. The molecule has 96 valence electrons. The molecule has 0 spiro atoms. The molecule has 2 rings (SSSR count). The number of aromatic nitrogens is 1. The van der Waals surface area contributed by atoms with Gasteiger partial charge in [0.05, 0.1) is 5.56 Å². The monoisotopic (exact) mass is 243 g/mol. The van der Waals surface area contributed by atoms with Gasteiger partial charge in [0.2, 0.25) is 0 Å². The van der Waals surface area contributed by atoms with Crippen molar-refractivity contribution in [1.82, 2.24) is 4.98 Å². The molecule has 0 radical (unpaired) electrons. The topological polar surface area (TPSA) is 39.9 Å². The molecular weight excluding hydrogens is 222 g/mol. The molecule has 0 saturated carbocycles. The Labute approximate surface area is 109 Å². The Bertz CT molecular complexity index is 446. The lowest BCUT2D eigenvalue weighted by Gasteiger charge is -2.37. The number of rotatable bonds is 3. The number of piperidine rings is 1. The molecule has 0 bridgehead atoms. The van der Waals surface area contributed by atoms with Crippen LogP contribution in [0, 0.1) is 18.3 Å². The number of pyridine rings is 1. The maximum Gasteiger partial charge on any atom is 0.146 e. The van der Waals surface area contributed by atoms with Gasteiger partial charge in [0.15, 0.2) is 0 Å². The van der Waals surface area contributed by atoms with Gasteiger partial charge in [0.1, 0.15) is 11.9 Å². The van der Waals surface area contributed by atoms with Crippen LogP contribution in [0.15, 0.2) is 12.3 Å². The van der Waals surface area contributed by atoms with E-state index in [1.54, 1.807) is 0 Å². The Hall–Kier alpha value is -1.56. The van der Waals surface area contributed by atoms with Gasteiger partial charge >= 0.3 is 0 Å². The van der Waals surface area contributed by atoms with Gasteiger partial charge in [-0.2, -0.15) is 5.26 Å². The summed E-state index contributed by atoms with van der Waals surface area (Å²) in [7, 11) is 0. The van der Waals surface area contributed by atoms with E-state index in [4.69, 9.17) is 0 Å². The first kappa shape index (κ1) is 12.9. The molecule has 0 aromatic carbocycles. The molecule has 0 aliphatic carbocycles. The van der Waals surface area contributed by atoms with E-state index in [0.717, 1.165) is 23.5 Å². The van der Waals surface area contributed by atoms with E-state index >= 15 is 0 Å². The summed E-state index contributed by atoms with van der Waals surface area (Å²) < 4.78 is 0. The molecule has 1 fully saturated rings. The summed E-state index contributed by atoms with van der Waals surface area (Å²) >= 11 is 0. The SMILES string of the molecule is CCCC1CCCCN1c1nccc(C)c1C#N. The number of hydrogen-bond acceptors (Lipinski definition) is 3. The van der Waals surface area contributed by atoms with Gasteiger partial charge in [0.25, 0.3) is 0 Å². The van der Waals surface area contributed by atoms with Gasteiger partial charge in [-0.15, -0.1) is 0 Å². The van der Waals surface area contributed by atoms with Crippen molar-refractivity contribution in [1.29, 1.82) is 5.26 Å². The molecule has 18 heavy (non-hydrogen) atoms. The zero-order chi connectivity index (χ0) is 13.0. The summed E-state index contributed by atoms with van der Waals surface area (Å²) in [6.07, 6.45) is 7.95. The highest BCUT2D eigenvalue weighted by Gasteiger charge is 2.25. The minimum Gasteiger partial charge on any atom is -0.353 e. The van der Waals surface area contributed by atoms with Gasteiger partial charge in [-0.1, -0.05) is 13.3 Å². The van der Waals surface area contributed by atoms with E-state index in [0.29, 0.717) is 6.04 Å². The summed E-state index contributed by atoms with van der Waals surface area (Å²) in [6, 6.07) is 4.80. The second-order valence-corrected chi connectivity index (χ2v) is 5.07. The van der Waals surface area contributed by atoms with Crippen LogP contribution in [0.1, 0.15) is 50.2 Å². The fraction of sp³-hybridized carbons (Fsp3) is 0.600. The maximum atomic E-state index is 9.33. The van der Waals surface area contributed by atoms with E-state index in [9.17, 15) is 5.26 Å². The third kappa shape index (κ3) is 2.48. The van der Waals surface area contributed by atoms with Crippen LogP contribution in [0.25, 0.3) is 0 Å². The molecular formula is C15H21N3. The molecule has 1 atom stereocenters. The third-order valence-corrected chi connectivity index (χ3v) is 3.77. The first-order valence-electron chi connectivity index (χ1n) is 6.90. The van der Waals surface area contributed by atoms with Gasteiger partial charge in [-0.05, 0) is 44.2 Å². The third-order valence-electron chi connectivity index (χ3n) is 3.77. The highest BCUT2D eigenvalue weighted by molar-refractivity contribution is 5.57. The Balaban J connectivity index is 2.34.